The minimum Gasteiger partial charge on any atom is -0.506 e. The predicted octanol–water partition coefficient (Wildman–Crippen LogP) is 3.61. The summed E-state index contributed by atoms with van der Waals surface area (Å²) in [6, 6.07) is 22.2. The van der Waals surface area contributed by atoms with Crippen molar-refractivity contribution in [3.8, 4) is 17.1 Å². The monoisotopic (exact) mass is 514 g/mol. The van der Waals surface area contributed by atoms with Crippen LogP contribution >= 0.6 is 11.8 Å². The second-order valence-corrected chi connectivity index (χ2v) is 9.11. The van der Waals surface area contributed by atoms with E-state index >= 15 is 0 Å². The van der Waals surface area contributed by atoms with E-state index in [2.05, 4.69) is 0 Å². The number of nitro benzene ring substituents is 1. The largest absolute Gasteiger partial charge is 0.506 e. The SMILES string of the molecule is Cn1c(=O)c(Sc2ccc([N+](=O)[O-])cc2)c(O)c2c(=O)n(-c3ccccc3)c(=O)n(-c3ccccc3)c21. The first kappa shape index (κ1) is 23.8. The van der Waals surface area contributed by atoms with Crippen LogP contribution in [0.1, 0.15) is 0 Å². The fraction of sp³-hybridized carbons (Fsp3) is 0.0385. The van der Waals surface area contributed by atoms with Gasteiger partial charge in [0.2, 0.25) is 0 Å². The molecule has 0 aliphatic rings. The molecule has 0 saturated heterocycles. The molecule has 0 aliphatic carbocycles. The average molecular weight is 515 g/mol. The van der Waals surface area contributed by atoms with E-state index < -0.39 is 27.5 Å². The van der Waals surface area contributed by atoms with Gasteiger partial charge in [-0.15, -0.1) is 0 Å². The van der Waals surface area contributed by atoms with E-state index in [0.717, 1.165) is 20.9 Å². The zero-order valence-electron chi connectivity index (χ0n) is 19.3. The number of benzene rings is 3. The molecule has 2 heterocycles. The van der Waals surface area contributed by atoms with Crippen molar-refractivity contribution in [1.82, 2.24) is 13.7 Å². The molecular weight excluding hydrogens is 496 g/mol. The number of aryl methyl sites for hydroxylation is 1. The van der Waals surface area contributed by atoms with E-state index in [1.807, 2.05) is 0 Å². The van der Waals surface area contributed by atoms with Gasteiger partial charge in [0.05, 0.1) is 16.3 Å². The summed E-state index contributed by atoms with van der Waals surface area (Å²) in [4.78, 5) is 51.6. The standard InChI is InChI=1S/C26H18N4O6S/c1-27-23-20(21(31)22(25(27)33)37-19-14-12-18(13-15-19)30(35)36)24(32)29(17-10-6-3-7-11-17)26(34)28(23)16-8-4-2-5-9-16/h2-15,31H,1H3. The van der Waals surface area contributed by atoms with Gasteiger partial charge in [0.1, 0.15) is 15.9 Å². The number of nitro groups is 1. The van der Waals surface area contributed by atoms with Gasteiger partial charge in [-0.1, -0.05) is 48.2 Å². The third-order valence-corrected chi connectivity index (χ3v) is 6.88. The molecule has 11 heteroatoms. The van der Waals surface area contributed by atoms with E-state index in [4.69, 9.17) is 0 Å². The summed E-state index contributed by atoms with van der Waals surface area (Å²) in [6.07, 6.45) is 0. The fourth-order valence-corrected chi connectivity index (χ4v) is 4.98. The summed E-state index contributed by atoms with van der Waals surface area (Å²) in [7, 11) is 1.41. The molecule has 184 valence electrons. The number of non-ortho nitro benzene ring substituents is 1. The van der Waals surface area contributed by atoms with Crippen molar-refractivity contribution < 1.29 is 10.0 Å². The van der Waals surface area contributed by atoms with Gasteiger partial charge in [0.15, 0.2) is 5.75 Å². The number of hydrogen-bond acceptors (Lipinski definition) is 7. The Kier molecular flexibility index (Phi) is 5.98. The normalized spacial score (nSPS) is 11.1. The summed E-state index contributed by atoms with van der Waals surface area (Å²) in [6.45, 7) is 0. The lowest BCUT2D eigenvalue weighted by Gasteiger charge is -2.18. The number of pyridine rings is 1. The molecule has 5 aromatic rings. The van der Waals surface area contributed by atoms with Gasteiger partial charge in [-0.2, -0.15) is 0 Å². The third kappa shape index (κ3) is 4.00. The van der Waals surface area contributed by atoms with Crippen LogP contribution in [0.4, 0.5) is 5.69 Å². The van der Waals surface area contributed by atoms with Crippen molar-refractivity contribution in [2.75, 3.05) is 0 Å². The van der Waals surface area contributed by atoms with E-state index in [9.17, 15) is 29.6 Å². The van der Waals surface area contributed by atoms with Crippen LogP contribution in [-0.4, -0.2) is 23.7 Å². The average Bonchev–Trinajstić information content (AvgIpc) is 2.91. The van der Waals surface area contributed by atoms with Crippen molar-refractivity contribution in [3.05, 3.63) is 126 Å². The molecule has 0 saturated carbocycles. The van der Waals surface area contributed by atoms with E-state index in [1.54, 1.807) is 60.7 Å². The second-order valence-electron chi connectivity index (χ2n) is 8.02. The summed E-state index contributed by atoms with van der Waals surface area (Å²) in [5.41, 5.74) is -1.65. The Bertz CT molecular complexity index is 1840. The zero-order chi connectivity index (χ0) is 26.3. The smallest absolute Gasteiger partial charge is 0.341 e. The number of para-hydroxylation sites is 2. The Morgan fingerprint density at radius 3 is 1.86 bits per heavy atom. The van der Waals surface area contributed by atoms with Crippen LogP contribution in [0.2, 0.25) is 0 Å². The Morgan fingerprint density at radius 1 is 0.784 bits per heavy atom. The number of aromatic hydroxyl groups is 1. The van der Waals surface area contributed by atoms with Crippen molar-refractivity contribution >= 4 is 28.5 Å². The molecule has 0 atom stereocenters. The van der Waals surface area contributed by atoms with E-state index in [-0.39, 0.29) is 21.6 Å². The topological polar surface area (TPSA) is 129 Å². The van der Waals surface area contributed by atoms with Gasteiger partial charge in [0, 0.05) is 24.1 Å². The van der Waals surface area contributed by atoms with Crippen LogP contribution in [0.3, 0.4) is 0 Å². The van der Waals surface area contributed by atoms with Gasteiger partial charge >= 0.3 is 5.69 Å². The van der Waals surface area contributed by atoms with Crippen molar-refractivity contribution in [2.45, 2.75) is 9.79 Å². The molecule has 10 nitrogen and oxygen atoms in total. The molecule has 0 spiro atoms. The van der Waals surface area contributed by atoms with Crippen LogP contribution in [-0.2, 0) is 7.05 Å². The lowest BCUT2D eigenvalue weighted by Crippen LogP contribution is -2.40. The Hall–Kier alpha value is -4.90. The molecule has 0 fully saturated rings. The predicted molar refractivity (Wildman–Crippen MR) is 139 cm³/mol. The molecule has 0 unspecified atom stereocenters. The van der Waals surface area contributed by atoms with Crippen LogP contribution < -0.4 is 16.8 Å². The number of aromatic nitrogens is 3. The lowest BCUT2D eigenvalue weighted by atomic mass is 10.2. The highest BCUT2D eigenvalue weighted by Gasteiger charge is 2.25. The van der Waals surface area contributed by atoms with Crippen LogP contribution in [0.25, 0.3) is 22.4 Å². The first-order valence-electron chi connectivity index (χ1n) is 11.0. The molecule has 37 heavy (non-hydrogen) atoms. The summed E-state index contributed by atoms with van der Waals surface area (Å²) < 4.78 is 3.30. The minimum atomic E-state index is -0.794. The molecule has 5 rings (SSSR count). The summed E-state index contributed by atoms with van der Waals surface area (Å²) >= 11 is 0.865. The summed E-state index contributed by atoms with van der Waals surface area (Å²) in [5, 5.41) is 22.1. The van der Waals surface area contributed by atoms with Crippen molar-refractivity contribution in [2.24, 2.45) is 7.05 Å². The molecule has 1 N–H and O–H groups in total. The maximum absolute atomic E-state index is 13.7. The first-order valence-corrected chi connectivity index (χ1v) is 11.8. The summed E-state index contributed by atoms with van der Waals surface area (Å²) in [5.74, 6) is -0.583. The molecular formula is C26H18N4O6S. The Balaban J connectivity index is 1.87. The highest BCUT2D eigenvalue weighted by molar-refractivity contribution is 7.99. The molecule has 0 aliphatic heterocycles. The minimum absolute atomic E-state index is 0.0658. The number of hydrogen-bond donors (Lipinski definition) is 1. The van der Waals surface area contributed by atoms with Crippen molar-refractivity contribution in [1.29, 1.82) is 0 Å². The van der Waals surface area contributed by atoms with Crippen molar-refractivity contribution in [3.63, 3.8) is 0 Å². The number of rotatable bonds is 5. The maximum atomic E-state index is 13.7. The molecule has 0 bridgehead atoms. The highest BCUT2D eigenvalue weighted by atomic mass is 32.2. The Morgan fingerprint density at radius 2 is 1.32 bits per heavy atom. The molecule has 3 aromatic carbocycles. The molecule has 0 radical (unpaired) electrons. The molecule has 2 aromatic heterocycles. The number of nitrogens with zero attached hydrogens (tertiary/aromatic N) is 4. The zero-order valence-corrected chi connectivity index (χ0v) is 20.1. The highest BCUT2D eigenvalue weighted by Crippen LogP contribution is 2.35. The third-order valence-electron chi connectivity index (χ3n) is 5.80. The maximum Gasteiger partial charge on any atom is 0.341 e. The molecule has 0 amide bonds. The van der Waals surface area contributed by atoms with Gasteiger partial charge in [0.25, 0.3) is 16.8 Å². The van der Waals surface area contributed by atoms with Gasteiger partial charge < -0.3 is 5.11 Å². The van der Waals surface area contributed by atoms with Crippen LogP contribution in [0, 0.1) is 10.1 Å². The van der Waals surface area contributed by atoms with Crippen LogP contribution in [0.5, 0.6) is 5.75 Å². The fourth-order valence-electron chi connectivity index (χ4n) is 4.05. The lowest BCUT2D eigenvalue weighted by molar-refractivity contribution is -0.384. The Labute approximate surface area is 212 Å². The van der Waals surface area contributed by atoms with Gasteiger partial charge in [-0.25, -0.2) is 13.9 Å². The quantitative estimate of drug-likeness (QED) is 0.280. The van der Waals surface area contributed by atoms with Gasteiger partial charge in [-0.05, 0) is 36.4 Å². The second kappa shape index (κ2) is 9.28. The first-order chi connectivity index (χ1) is 17.8. The van der Waals surface area contributed by atoms with E-state index in [0.29, 0.717) is 16.3 Å². The van der Waals surface area contributed by atoms with E-state index in [1.165, 1.54) is 35.9 Å². The van der Waals surface area contributed by atoms with Crippen LogP contribution in [0.15, 0.2) is 109 Å². The van der Waals surface area contributed by atoms with Gasteiger partial charge in [-0.3, -0.25) is 24.3 Å². The number of fused-ring (bicyclic) bond motifs is 1.